The Morgan fingerprint density at radius 3 is 2.20 bits per heavy atom. The first-order valence-corrected chi connectivity index (χ1v) is 9.46. The molecule has 0 saturated heterocycles. The van der Waals surface area contributed by atoms with Crippen LogP contribution in [0.1, 0.15) is 61.0 Å². The monoisotopic (exact) mass is 415 g/mol. The Balaban J connectivity index is 2.45. The number of ether oxygens (including phenoxy) is 1. The van der Waals surface area contributed by atoms with E-state index in [1.165, 1.54) is 0 Å². The molecule has 1 amide bonds. The number of carbonyl (C=O) groups excluding carboxylic acids is 2. The highest BCUT2D eigenvalue weighted by Gasteiger charge is 2.22. The van der Waals surface area contributed by atoms with E-state index in [9.17, 15) is 24.5 Å². The Morgan fingerprint density at radius 2 is 1.73 bits per heavy atom. The number of nitrogens with one attached hydrogen (secondary N) is 1. The zero-order chi connectivity index (χ0) is 22.6. The Kier molecular flexibility index (Phi) is 7.10. The molecule has 0 bridgehead atoms. The van der Waals surface area contributed by atoms with Gasteiger partial charge in [0.2, 0.25) is 5.91 Å². The van der Waals surface area contributed by atoms with Crippen molar-refractivity contribution < 1.29 is 19.2 Å². The number of hydrogen-bond donors (Lipinski definition) is 1. The van der Waals surface area contributed by atoms with E-state index in [1.807, 2.05) is 45.9 Å². The van der Waals surface area contributed by atoms with Crippen LogP contribution in [0.3, 0.4) is 0 Å². The summed E-state index contributed by atoms with van der Waals surface area (Å²) in [5.74, 6) is -1.10. The van der Waals surface area contributed by atoms with Crippen LogP contribution in [0.15, 0.2) is 35.3 Å². The average Bonchev–Trinajstić information content (AvgIpc) is 2.68. The van der Waals surface area contributed by atoms with Crippen molar-refractivity contribution in [3.63, 3.8) is 0 Å². The first-order valence-electron chi connectivity index (χ1n) is 9.46. The summed E-state index contributed by atoms with van der Waals surface area (Å²) in [5.41, 5.74) is 0.564. The van der Waals surface area contributed by atoms with Crippen LogP contribution in [-0.4, -0.2) is 28.5 Å². The molecule has 1 aromatic carbocycles. The third kappa shape index (κ3) is 4.91. The lowest BCUT2D eigenvalue weighted by Crippen LogP contribution is -2.30. The first-order chi connectivity index (χ1) is 14.1. The van der Waals surface area contributed by atoms with Crippen molar-refractivity contribution in [3.8, 4) is 0 Å². The van der Waals surface area contributed by atoms with E-state index in [1.54, 1.807) is 0 Å². The SMILES string of the molecule is COC(=O)c1cc([N+](=O)[O-])c(=O)n(CC(=O)Nc2c(C(C)C)cccc2C(C)C)c1. The van der Waals surface area contributed by atoms with Crippen LogP contribution in [0.4, 0.5) is 11.4 Å². The molecule has 160 valence electrons. The largest absolute Gasteiger partial charge is 0.465 e. The van der Waals surface area contributed by atoms with Crippen LogP contribution in [0.25, 0.3) is 0 Å². The third-order valence-corrected chi connectivity index (χ3v) is 4.64. The van der Waals surface area contributed by atoms with Gasteiger partial charge in [-0.3, -0.25) is 24.3 Å². The van der Waals surface area contributed by atoms with Gasteiger partial charge in [0.1, 0.15) is 6.54 Å². The average molecular weight is 415 g/mol. The lowest BCUT2D eigenvalue weighted by molar-refractivity contribution is -0.386. The van der Waals surface area contributed by atoms with Crippen LogP contribution in [0.2, 0.25) is 0 Å². The van der Waals surface area contributed by atoms with Crippen molar-refractivity contribution in [2.45, 2.75) is 46.1 Å². The molecule has 2 rings (SSSR count). The molecule has 0 aliphatic heterocycles. The summed E-state index contributed by atoms with van der Waals surface area (Å²) in [5, 5.41) is 14.0. The van der Waals surface area contributed by atoms with Gasteiger partial charge < -0.3 is 10.1 Å². The summed E-state index contributed by atoms with van der Waals surface area (Å²) in [7, 11) is 1.12. The van der Waals surface area contributed by atoms with Gasteiger partial charge in [-0.2, -0.15) is 0 Å². The van der Waals surface area contributed by atoms with Gasteiger partial charge in [-0.05, 0) is 23.0 Å². The van der Waals surface area contributed by atoms with Gasteiger partial charge in [-0.1, -0.05) is 45.9 Å². The molecular formula is C21H25N3O6. The quantitative estimate of drug-likeness (QED) is 0.420. The van der Waals surface area contributed by atoms with Crippen molar-refractivity contribution in [2.75, 3.05) is 12.4 Å². The van der Waals surface area contributed by atoms with E-state index in [4.69, 9.17) is 0 Å². The number of pyridine rings is 1. The van der Waals surface area contributed by atoms with Crippen LogP contribution in [0.5, 0.6) is 0 Å². The number of anilines is 1. The molecule has 0 spiro atoms. The topological polar surface area (TPSA) is 121 Å². The van der Waals surface area contributed by atoms with Gasteiger partial charge in [0.05, 0.1) is 17.6 Å². The Morgan fingerprint density at radius 1 is 1.17 bits per heavy atom. The molecule has 30 heavy (non-hydrogen) atoms. The normalized spacial score (nSPS) is 10.9. The van der Waals surface area contributed by atoms with Crippen LogP contribution < -0.4 is 10.9 Å². The van der Waals surface area contributed by atoms with Crippen molar-refractivity contribution in [3.05, 3.63) is 67.6 Å². The van der Waals surface area contributed by atoms with Crippen molar-refractivity contribution in [1.82, 2.24) is 4.57 Å². The number of para-hydroxylation sites is 1. The third-order valence-electron chi connectivity index (χ3n) is 4.64. The number of nitro groups is 1. The zero-order valence-corrected chi connectivity index (χ0v) is 17.6. The highest BCUT2D eigenvalue weighted by Crippen LogP contribution is 2.32. The predicted octanol–water partition coefficient (Wildman–Crippen LogP) is 3.43. The summed E-state index contributed by atoms with van der Waals surface area (Å²) in [6.45, 7) is 7.52. The van der Waals surface area contributed by atoms with E-state index in [0.29, 0.717) is 5.69 Å². The first kappa shape index (κ1) is 22.8. The minimum Gasteiger partial charge on any atom is -0.465 e. The minimum absolute atomic E-state index is 0.144. The van der Waals surface area contributed by atoms with Crippen LogP contribution in [0, 0.1) is 10.1 Å². The van der Waals surface area contributed by atoms with Gasteiger partial charge in [-0.15, -0.1) is 0 Å². The molecule has 2 aromatic rings. The molecule has 9 nitrogen and oxygen atoms in total. The van der Waals surface area contributed by atoms with Crippen molar-refractivity contribution >= 4 is 23.3 Å². The number of aromatic nitrogens is 1. The standard InChI is InChI=1S/C21H25N3O6/c1-12(2)15-7-6-8-16(13(3)4)19(15)22-18(25)11-23-10-14(21(27)30-5)9-17(20(23)26)24(28)29/h6-10,12-13H,11H2,1-5H3,(H,22,25). The Labute approximate surface area is 173 Å². The number of carbonyl (C=O) groups is 2. The molecule has 0 unspecified atom stereocenters. The second-order valence-corrected chi connectivity index (χ2v) is 7.46. The van der Waals surface area contributed by atoms with E-state index in [-0.39, 0.29) is 17.4 Å². The maximum Gasteiger partial charge on any atom is 0.339 e. The van der Waals surface area contributed by atoms with E-state index >= 15 is 0 Å². The van der Waals surface area contributed by atoms with Gasteiger partial charge in [0, 0.05) is 18.0 Å². The maximum atomic E-state index is 12.8. The minimum atomic E-state index is -0.982. The molecule has 0 atom stereocenters. The van der Waals surface area contributed by atoms with E-state index < -0.39 is 34.6 Å². The van der Waals surface area contributed by atoms with Crippen molar-refractivity contribution in [2.24, 2.45) is 0 Å². The van der Waals surface area contributed by atoms with Gasteiger partial charge in [0.15, 0.2) is 0 Å². The maximum absolute atomic E-state index is 12.8. The second kappa shape index (κ2) is 9.34. The van der Waals surface area contributed by atoms with E-state index in [2.05, 4.69) is 10.1 Å². The Bertz CT molecular complexity index is 1010. The summed E-state index contributed by atoms with van der Waals surface area (Å²) in [6, 6.07) is 6.60. The molecule has 9 heteroatoms. The number of esters is 1. The molecule has 0 saturated carbocycles. The fourth-order valence-corrected chi connectivity index (χ4v) is 3.13. The number of methoxy groups -OCH3 is 1. The molecule has 1 heterocycles. The molecule has 0 aliphatic carbocycles. The van der Waals surface area contributed by atoms with Crippen LogP contribution in [-0.2, 0) is 16.1 Å². The number of hydrogen-bond acceptors (Lipinski definition) is 6. The lowest BCUT2D eigenvalue weighted by atomic mass is 9.92. The fourth-order valence-electron chi connectivity index (χ4n) is 3.13. The summed E-state index contributed by atoms with van der Waals surface area (Å²) < 4.78 is 5.41. The fraction of sp³-hybridized carbons (Fsp3) is 0.381. The summed E-state index contributed by atoms with van der Waals surface area (Å²) in [6.07, 6.45) is 1.08. The summed E-state index contributed by atoms with van der Waals surface area (Å²) in [4.78, 5) is 47.3. The number of rotatable bonds is 7. The summed E-state index contributed by atoms with van der Waals surface area (Å²) >= 11 is 0. The molecule has 0 aliphatic rings. The van der Waals surface area contributed by atoms with Gasteiger partial charge >= 0.3 is 17.2 Å². The van der Waals surface area contributed by atoms with E-state index in [0.717, 1.165) is 35.1 Å². The zero-order valence-electron chi connectivity index (χ0n) is 17.6. The van der Waals surface area contributed by atoms with Crippen molar-refractivity contribution in [1.29, 1.82) is 0 Å². The smallest absolute Gasteiger partial charge is 0.339 e. The number of amides is 1. The number of nitrogens with zero attached hydrogens (tertiary/aromatic N) is 2. The highest BCUT2D eigenvalue weighted by atomic mass is 16.6. The second-order valence-electron chi connectivity index (χ2n) is 7.46. The van der Waals surface area contributed by atoms with Gasteiger partial charge in [0.25, 0.3) is 0 Å². The predicted molar refractivity (Wildman–Crippen MR) is 112 cm³/mol. The molecule has 0 fully saturated rings. The molecule has 1 N–H and O–H groups in total. The number of benzene rings is 1. The molecular weight excluding hydrogens is 390 g/mol. The highest BCUT2D eigenvalue weighted by molar-refractivity contribution is 5.93. The molecule has 0 radical (unpaired) electrons. The van der Waals surface area contributed by atoms with Gasteiger partial charge in [-0.25, -0.2) is 4.79 Å². The Hall–Kier alpha value is -3.49. The van der Waals surface area contributed by atoms with Crippen LogP contribution >= 0.6 is 0 Å². The molecule has 1 aromatic heterocycles. The lowest BCUT2D eigenvalue weighted by Gasteiger charge is -2.20.